The second-order valence-corrected chi connectivity index (χ2v) is 7.05. The Kier molecular flexibility index (Phi) is 4.85. The Labute approximate surface area is 147 Å². The van der Waals surface area contributed by atoms with Crippen molar-refractivity contribution in [3.63, 3.8) is 0 Å². The number of hydrogen-bond donors (Lipinski definition) is 1. The number of rotatable bonds is 4. The van der Waals surface area contributed by atoms with Crippen molar-refractivity contribution in [2.24, 2.45) is 0 Å². The van der Waals surface area contributed by atoms with E-state index in [0.717, 1.165) is 49.0 Å². The van der Waals surface area contributed by atoms with Gasteiger partial charge < -0.3 is 9.73 Å². The highest BCUT2D eigenvalue weighted by molar-refractivity contribution is 6.30. The topological polar surface area (TPSA) is 44.5 Å². The number of piperazine rings is 1. The predicted molar refractivity (Wildman–Crippen MR) is 95.1 cm³/mol. The number of nitrogens with one attached hydrogen (secondary N) is 1. The molecule has 2 aliphatic rings. The van der Waals surface area contributed by atoms with Gasteiger partial charge in [-0.2, -0.15) is 0 Å². The van der Waals surface area contributed by atoms with Crippen molar-refractivity contribution in [1.29, 1.82) is 0 Å². The van der Waals surface area contributed by atoms with Gasteiger partial charge >= 0.3 is 0 Å². The molecule has 6 heteroatoms. The number of benzene rings is 1. The Morgan fingerprint density at radius 1 is 1.17 bits per heavy atom. The second kappa shape index (κ2) is 7.23. The average Bonchev–Trinajstić information content (AvgIpc) is 3.27. The quantitative estimate of drug-likeness (QED) is 0.921. The van der Waals surface area contributed by atoms with Crippen molar-refractivity contribution in [3.05, 3.63) is 41.2 Å². The van der Waals surface area contributed by atoms with Gasteiger partial charge in [-0.25, -0.2) is 4.98 Å². The molecule has 0 aliphatic carbocycles. The molecule has 0 saturated carbocycles. The molecule has 0 amide bonds. The maximum atomic E-state index is 5.93. The number of oxazole rings is 1. The van der Waals surface area contributed by atoms with Crippen molar-refractivity contribution in [2.45, 2.75) is 19.0 Å². The predicted octanol–water partition coefficient (Wildman–Crippen LogP) is 2.47. The van der Waals surface area contributed by atoms with Gasteiger partial charge in [0.2, 0.25) is 5.89 Å². The molecule has 1 aromatic heterocycles. The van der Waals surface area contributed by atoms with Crippen LogP contribution < -0.4 is 5.32 Å². The van der Waals surface area contributed by atoms with Crippen LogP contribution in [0, 0.1) is 0 Å². The molecule has 0 spiro atoms. The van der Waals surface area contributed by atoms with Gasteiger partial charge in [0, 0.05) is 62.4 Å². The van der Waals surface area contributed by atoms with Crippen LogP contribution in [0.4, 0.5) is 0 Å². The van der Waals surface area contributed by atoms with Crippen molar-refractivity contribution in [1.82, 2.24) is 20.1 Å². The number of nitrogens with zero attached hydrogens (tertiary/aromatic N) is 3. The Balaban J connectivity index is 1.35. The molecule has 2 saturated heterocycles. The van der Waals surface area contributed by atoms with Crippen LogP contribution in [-0.4, -0.2) is 60.1 Å². The molecule has 24 heavy (non-hydrogen) atoms. The number of aromatic nitrogens is 1. The van der Waals surface area contributed by atoms with E-state index in [1.807, 2.05) is 24.3 Å². The summed E-state index contributed by atoms with van der Waals surface area (Å²) in [5, 5.41) is 4.15. The van der Waals surface area contributed by atoms with Crippen LogP contribution in [0.2, 0.25) is 5.02 Å². The first kappa shape index (κ1) is 16.1. The molecule has 1 N–H and O–H groups in total. The molecular formula is C18H23ClN4O. The van der Waals surface area contributed by atoms with Crippen LogP contribution in [0.15, 0.2) is 34.9 Å². The summed E-state index contributed by atoms with van der Waals surface area (Å²) in [4.78, 5) is 9.74. The van der Waals surface area contributed by atoms with E-state index in [1.54, 1.807) is 6.26 Å². The fourth-order valence-electron chi connectivity index (χ4n) is 3.63. The maximum Gasteiger partial charge on any atom is 0.226 e. The van der Waals surface area contributed by atoms with E-state index in [2.05, 4.69) is 20.1 Å². The lowest BCUT2D eigenvalue weighted by molar-refractivity contribution is 0.170. The van der Waals surface area contributed by atoms with Gasteiger partial charge in [0.15, 0.2) is 0 Å². The lowest BCUT2D eigenvalue weighted by Crippen LogP contribution is -2.49. The molecule has 2 aliphatic heterocycles. The van der Waals surface area contributed by atoms with E-state index in [1.165, 1.54) is 19.5 Å². The van der Waals surface area contributed by atoms with Crippen molar-refractivity contribution >= 4 is 11.6 Å². The Bertz CT molecular complexity index is 666. The van der Waals surface area contributed by atoms with Gasteiger partial charge in [-0.05, 0) is 30.7 Å². The first-order valence-electron chi connectivity index (χ1n) is 8.65. The molecule has 0 bridgehead atoms. The van der Waals surface area contributed by atoms with E-state index in [4.69, 9.17) is 16.0 Å². The normalized spacial score (nSPS) is 23.0. The Hall–Kier alpha value is -1.40. The van der Waals surface area contributed by atoms with E-state index in [-0.39, 0.29) is 0 Å². The van der Waals surface area contributed by atoms with Crippen LogP contribution in [0.3, 0.4) is 0 Å². The van der Waals surface area contributed by atoms with Crippen LogP contribution >= 0.6 is 11.6 Å². The van der Waals surface area contributed by atoms with E-state index < -0.39 is 0 Å². The fraction of sp³-hybridized carbons (Fsp3) is 0.500. The maximum absolute atomic E-state index is 5.93. The number of likely N-dealkylation sites (tertiary alicyclic amines) is 1. The zero-order valence-electron chi connectivity index (χ0n) is 13.7. The van der Waals surface area contributed by atoms with E-state index in [9.17, 15) is 0 Å². The summed E-state index contributed by atoms with van der Waals surface area (Å²) in [7, 11) is 0. The third-order valence-corrected chi connectivity index (χ3v) is 5.20. The number of halogens is 1. The zero-order valence-corrected chi connectivity index (χ0v) is 14.5. The Morgan fingerprint density at radius 3 is 2.75 bits per heavy atom. The summed E-state index contributed by atoms with van der Waals surface area (Å²) in [6.45, 7) is 7.70. The average molecular weight is 347 g/mol. The highest BCUT2D eigenvalue weighted by Crippen LogP contribution is 2.23. The van der Waals surface area contributed by atoms with Gasteiger partial charge in [0.1, 0.15) is 6.26 Å². The standard InChI is InChI=1S/C18H23ClN4O/c19-15-3-1-14(2-4-15)18-21-16(13-24-18)11-22-8-5-17(12-22)23-9-6-20-7-10-23/h1-4,13,17,20H,5-12H2. The van der Waals surface area contributed by atoms with Crippen molar-refractivity contribution in [3.8, 4) is 11.5 Å². The van der Waals surface area contributed by atoms with Gasteiger partial charge in [-0.1, -0.05) is 11.6 Å². The minimum Gasteiger partial charge on any atom is -0.444 e. The summed E-state index contributed by atoms with van der Waals surface area (Å²) in [5.41, 5.74) is 1.96. The molecule has 3 heterocycles. The smallest absolute Gasteiger partial charge is 0.226 e. The SMILES string of the molecule is Clc1ccc(-c2nc(CN3CCC(N4CCNCC4)C3)co2)cc1. The minimum absolute atomic E-state index is 0.666. The molecule has 4 rings (SSSR count). The Morgan fingerprint density at radius 2 is 1.96 bits per heavy atom. The van der Waals surface area contributed by atoms with E-state index >= 15 is 0 Å². The lowest BCUT2D eigenvalue weighted by Gasteiger charge is -2.32. The highest BCUT2D eigenvalue weighted by Gasteiger charge is 2.28. The van der Waals surface area contributed by atoms with Crippen LogP contribution in [0.25, 0.3) is 11.5 Å². The first-order chi connectivity index (χ1) is 11.8. The van der Waals surface area contributed by atoms with Gasteiger partial charge in [-0.3, -0.25) is 9.80 Å². The third kappa shape index (κ3) is 3.64. The minimum atomic E-state index is 0.666. The molecule has 128 valence electrons. The monoisotopic (exact) mass is 346 g/mol. The summed E-state index contributed by atoms with van der Waals surface area (Å²) >= 11 is 5.93. The molecule has 1 atom stereocenters. The highest BCUT2D eigenvalue weighted by atomic mass is 35.5. The number of hydrogen-bond acceptors (Lipinski definition) is 5. The van der Waals surface area contributed by atoms with Crippen LogP contribution in [-0.2, 0) is 6.54 Å². The largest absolute Gasteiger partial charge is 0.444 e. The van der Waals surface area contributed by atoms with Crippen molar-refractivity contribution < 1.29 is 4.42 Å². The molecule has 1 aromatic carbocycles. The molecule has 5 nitrogen and oxygen atoms in total. The van der Waals surface area contributed by atoms with Crippen molar-refractivity contribution in [2.75, 3.05) is 39.3 Å². The lowest BCUT2D eigenvalue weighted by atomic mass is 10.2. The summed E-state index contributed by atoms with van der Waals surface area (Å²) < 4.78 is 5.64. The first-order valence-corrected chi connectivity index (χ1v) is 9.03. The molecule has 2 fully saturated rings. The van der Waals surface area contributed by atoms with Crippen LogP contribution in [0.1, 0.15) is 12.1 Å². The van der Waals surface area contributed by atoms with E-state index in [0.29, 0.717) is 11.9 Å². The van der Waals surface area contributed by atoms with Gasteiger partial charge in [-0.15, -0.1) is 0 Å². The molecule has 1 unspecified atom stereocenters. The summed E-state index contributed by atoms with van der Waals surface area (Å²) in [6.07, 6.45) is 3.03. The van der Waals surface area contributed by atoms with Crippen LogP contribution in [0.5, 0.6) is 0 Å². The van der Waals surface area contributed by atoms with Gasteiger partial charge in [0.25, 0.3) is 0 Å². The zero-order chi connectivity index (χ0) is 16.4. The van der Waals surface area contributed by atoms with Gasteiger partial charge in [0.05, 0.1) is 5.69 Å². The summed E-state index contributed by atoms with van der Waals surface area (Å²) in [6, 6.07) is 8.29. The molecule has 2 aromatic rings. The molecule has 0 radical (unpaired) electrons. The molecular weight excluding hydrogens is 324 g/mol. The fourth-order valence-corrected chi connectivity index (χ4v) is 3.76. The third-order valence-electron chi connectivity index (χ3n) is 4.94. The summed E-state index contributed by atoms with van der Waals surface area (Å²) in [5.74, 6) is 0.666. The second-order valence-electron chi connectivity index (χ2n) is 6.61.